The van der Waals surface area contributed by atoms with Gasteiger partial charge in [0, 0.05) is 11.9 Å². The number of nitrogens with one attached hydrogen (secondary N) is 2. The van der Waals surface area contributed by atoms with Crippen molar-refractivity contribution in [3.63, 3.8) is 0 Å². The first kappa shape index (κ1) is 25.9. The van der Waals surface area contributed by atoms with Crippen LogP contribution in [0.15, 0.2) is 113 Å². The fourth-order valence-electron chi connectivity index (χ4n) is 3.41. The summed E-state index contributed by atoms with van der Waals surface area (Å²) in [5.74, 6) is -0.419. The van der Waals surface area contributed by atoms with Crippen LogP contribution in [0.5, 0.6) is 0 Å². The van der Waals surface area contributed by atoms with Crippen LogP contribution in [0.1, 0.15) is 5.56 Å². The van der Waals surface area contributed by atoms with Crippen molar-refractivity contribution in [3.05, 3.63) is 109 Å². The van der Waals surface area contributed by atoms with Gasteiger partial charge in [-0.15, -0.1) is 0 Å². The van der Waals surface area contributed by atoms with Gasteiger partial charge in [0.25, 0.3) is 20.0 Å². The summed E-state index contributed by atoms with van der Waals surface area (Å²) in [7, 11) is -7.91. The van der Waals surface area contributed by atoms with Gasteiger partial charge >= 0.3 is 0 Å². The number of anilines is 3. The first-order chi connectivity index (χ1) is 17.6. The Hall–Kier alpha value is -4.22. The molecule has 0 atom stereocenters. The molecule has 190 valence electrons. The Balaban J connectivity index is 1.52. The summed E-state index contributed by atoms with van der Waals surface area (Å²) in [6.45, 7) is 1.39. The number of pyridine rings is 1. The van der Waals surface area contributed by atoms with Gasteiger partial charge in [0.15, 0.2) is 0 Å². The van der Waals surface area contributed by atoms with Crippen LogP contribution in [0.2, 0.25) is 0 Å². The van der Waals surface area contributed by atoms with Gasteiger partial charge in [0.05, 0.1) is 15.5 Å². The van der Waals surface area contributed by atoms with Gasteiger partial charge in [-0.1, -0.05) is 42.0 Å². The standard InChI is InChI=1S/C26H24N4O5S2/c1-20-10-14-22(15-11-20)30(37(34,35)24-7-3-2-4-8-24)19-26(31)28-21-12-16-23(17-13-21)36(32,33)29-25-9-5-6-18-27-25/h2-18H,19H2,1H3,(H,27,29)(H,28,31). The lowest BCUT2D eigenvalue weighted by Gasteiger charge is -2.24. The predicted molar refractivity (Wildman–Crippen MR) is 142 cm³/mol. The van der Waals surface area contributed by atoms with E-state index < -0.39 is 32.5 Å². The third-order valence-corrected chi connectivity index (χ3v) is 8.45. The van der Waals surface area contributed by atoms with Crippen molar-refractivity contribution in [2.45, 2.75) is 16.7 Å². The van der Waals surface area contributed by atoms with E-state index >= 15 is 0 Å². The van der Waals surface area contributed by atoms with Crippen LogP contribution in [0.3, 0.4) is 0 Å². The Morgan fingerprint density at radius 3 is 2.05 bits per heavy atom. The number of carbonyl (C=O) groups excluding carboxylic acids is 1. The SMILES string of the molecule is Cc1ccc(N(CC(=O)Nc2ccc(S(=O)(=O)Nc3ccccn3)cc2)S(=O)(=O)c2ccccc2)cc1. The molecule has 0 unspecified atom stereocenters. The van der Waals surface area contributed by atoms with Crippen LogP contribution >= 0.6 is 0 Å². The van der Waals surface area contributed by atoms with Crippen molar-refractivity contribution in [2.24, 2.45) is 0 Å². The van der Waals surface area contributed by atoms with Crippen LogP contribution in [0.4, 0.5) is 17.2 Å². The summed E-state index contributed by atoms with van der Waals surface area (Å²) < 4.78 is 55.4. The van der Waals surface area contributed by atoms with Gasteiger partial charge in [0.1, 0.15) is 12.4 Å². The first-order valence-electron chi connectivity index (χ1n) is 11.1. The Bertz CT molecular complexity index is 1580. The molecular formula is C26H24N4O5S2. The minimum Gasteiger partial charge on any atom is -0.325 e. The molecule has 0 bridgehead atoms. The third kappa shape index (κ3) is 6.32. The van der Waals surface area contributed by atoms with Crippen molar-refractivity contribution >= 4 is 43.1 Å². The highest BCUT2D eigenvalue weighted by molar-refractivity contribution is 7.93. The van der Waals surface area contributed by atoms with Gasteiger partial charge in [-0.2, -0.15) is 0 Å². The highest BCUT2D eigenvalue weighted by Gasteiger charge is 2.27. The van der Waals surface area contributed by atoms with Crippen molar-refractivity contribution < 1.29 is 21.6 Å². The normalized spacial score (nSPS) is 11.5. The molecule has 0 fully saturated rings. The van der Waals surface area contributed by atoms with E-state index in [1.165, 1.54) is 48.7 Å². The Labute approximate surface area is 215 Å². The smallest absolute Gasteiger partial charge is 0.264 e. The number of sulfonamides is 2. The monoisotopic (exact) mass is 536 g/mol. The molecule has 0 radical (unpaired) electrons. The van der Waals surface area contributed by atoms with Crippen molar-refractivity contribution in [2.75, 3.05) is 20.9 Å². The molecule has 2 N–H and O–H groups in total. The number of hydrogen-bond donors (Lipinski definition) is 2. The molecule has 4 rings (SSSR count). The maximum Gasteiger partial charge on any atom is 0.264 e. The fraction of sp³-hybridized carbons (Fsp3) is 0.0769. The molecule has 37 heavy (non-hydrogen) atoms. The predicted octanol–water partition coefficient (Wildman–Crippen LogP) is 4.02. The third-order valence-electron chi connectivity index (χ3n) is 5.29. The molecule has 1 heterocycles. The number of benzene rings is 3. The lowest BCUT2D eigenvalue weighted by Crippen LogP contribution is -2.38. The second kappa shape index (κ2) is 10.8. The second-order valence-electron chi connectivity index (χ2n) is 8.05. The van der Waals surface area contributed by atoms with Crippen LogP contribution < -0.4 is 14.3 Å². The number of rotatable bonds is 9. The van der Waals surface area contributed by atoms with E-state index in [1.54, 1.807) is 54.6 Å². The molecule has 0 aliphatic rings. The maximum atomic E-state index is 13.4. The Morgan fingerprint density at radius 1 is 0.784 bits per heavy atom. The average Bonchev–Trinajstić information content (AvgIpc) is 2.89. The molecule has 4 aromatic rings. The Morgan fingerprint density at radius 2 is 1.43 bits per heavy atom. The molecule has 0 saturated heterocycles. The molecule has 1 amide bonds. The Kier molecular flexibility index (Phi) is 7.55. The minimum absolute atomic E-state index is 0.0240. The summed E-state index contributed by atoms with van der Waals surface area (Å²) in [5, 5.41) is 2.63. The zero-order chi connectivity index (χ0) is 26.5. The molecule has 0 aliphatic heterocycles. The van der Waals surface area contributed by atoms with E-state index in [9.17, 15) is 21.6 Å². The van der Waals surface area contributed by atoms with E-state index in [0.29, 0.717) is 11.4 Å². The molecule has 1 aromatic heterocycles. The number of nitrogens with zero attached hydrogens (tertiary/aromatic N) is 2. The maximum absolute atomic E-state index is 13.4. The van der Waals surface area contributed by atoms with Crippen LogP contribution in [-0.2, 0) is 24.8 Å². The van der Waals surface area contributed by atoms with Gasteiger partial charge < -0.3 is 5.32 Å². The van der Waals surface area contributed by atoms with E-state index in [4.69, 9.17) is 0 Å². The highest BCUT2D eigenvalue weighted by Crippen LogP contribution is 2.24. The van der Waals surface area contributed by atoms with Crippen LogP contribution in [0, 0.1) is 6.92 Å². The molecule has 0 spiro atoms. The molecular weight excluding hydrogens is 512 g/mol. The van der Waals surface area contributed by atoms with E-state index in [0.717, 1.165) is 9.87 Å². The number of hydrogen-bond acceptors (Lipinski definition) is 6. The largest absolute Gasteiger partial charge is 0.325 e. The number of amides is 1. The van der Waals surface area contributed by atoms with Crippen LogP contribution in [0.25, 0.3) is 0 Å². The van der Waals surface area contributed by atoms with Crippen molar-refractivity contribution in [1.82, 2.24) is 4.98 Å². The van der Waals surface area contributed by atoms with Gasteiger partial charge in [-0.05, 0) is 67.6 Å². The number of carbonyl (C=O) groups is 1. The summed E-state index contributed by atoms with van der Waals surface area (Å²) in [6.07, 6.45) is 1.47. The first-order valence-corrected chi connectivity index (χ1v) is 14.1. The number of aryl methyl sites for hydroxylation is 1. The molecule has 9 nitrogen and oxygen atoms in total. The minimum atomic E-state index is -4.03. The van der Waals surface area contributed by atoms with Gasteiger partial charge in [-0.25, -0.2) is 21.8 Å². The summed E-state index contributed by atoms with van der Waals surface area (Å²) in [5.41, 5.74) is 1.59. The zero-order valence-corrected chi connectivity index (χ0v) is 21.4. The van der Waals surface area contributed by atoms with Crippen molar-refractivity contribution in [3.8, 4) is 0 Å². The molecule has 3 aromatic carbocycles. The lowest BCUT2D eigenvalue weighted by molar-refractivity contribution is -0.114. The quantitative estimate of drug-likeness (QED) is 0.333. The summed E-state index contributed by atoms with van der Waals surface area (Å²) in [4.78, 5) is 16.9. The van der Waals surface area contributed by atoms with Crippen LogP contribution in [-0.4, -0.2) is 34.3 Å². The topological polar surface area (TPSA) is 126 Å². The second-order valence-corrected chi connectivity index (χ2v) is 11.6. The van der Waals surface area contributed by atoms with Gasteiger partial charge in [0.2, 0.25) is 5.91 Å². The highest BCUT2D eigenvalue weighted by atomic mass is 32.2. The molecule has 0 saturated carbocycles. The van der Waals surface area contributed by atoms with Crippen molar-refractivity contribution in [1.29, 1.82) is 0 Å². The lowest BCUT2D eigenvalue weighted by atomic mass is 10.2. The fourth-order valence-corrected chi connectivity index (χ4v) is 5.86. The zero-order valence-electron chi connectivity index (χ0n) is 19.8. The van der Waals surface area contributed by atoms with Gasteiger partial charge in [-0.3, -0.25) is 13.8 Å². The number of aromatic nitrogens is 1. The van der Waals surface area contributed by atoms with E-state index in [2.05, 4.69) is 15.0 Å². The summed E-state index contributed by atoms with van der Waals surface area (Å²) >= 11 is 0. The average molecular weight is 537 g/mol. The van der Waals surface area contributed by atoms with E-state index in [1.807, 2.05) is 6.92 Å². The molecule has 0 aliphatic carbocycles. The molecule has 11 heteroatoms. The van der Waals surface area contributed by atoms with E-state index in [-0.39, 0.29) is 15.6 Å². The summed E-state index contributed by atoms with van der Waals surface area (Å²) in [6, 6.07) is 25.0.